The van der Waals surface area contributed by atoms with E-state index in [9.17, 15) is 0 Å². The van der Waals surface area contributed by atoms with E-state index in [1.807, 2.05) is 13.0 Å². The van der Waals surface area contributed by atoms with Crippen molar-refractivity contribution in [2.45, 2.75) is 59.0 Å². The lowest BCUT2D eigenvalue weighted by atomic mass is 10.0. The monoisotopic (exact) mass is 292 g/mol. The minimum Gasteiger partial charge on any atom is -0.496 e. The van der Waals surface area contributed by atoms with Crippen LogP contribution in [0.15, 0.2) is 18.2 Å². The van der Waals surface area contributed by atoms with Gasteiger partial charge in [-0.25, -0.2) is 0 Å². The predicted molar refractivity (Wildman–Crippen MR) is 90.7 cm³/mol. The van der Waals surface area contributed by atoms with Gasteiger partial charge in [-0.1, -0.05) is 32.8 Å². The molecule has 2 N–H and O–H groups in total. The Balaban J connectivity index is 2.85. The molecule has 0 saturated heterocycles. The van der Waals surface area contributed by atoms with Crippen molar-refractivity contribution in [2.75, 3.05) is 20.2 Å². The Hall–Kier alpha value is -1.06. The summed E-state index contributed by atoms with van der Waals surface area (Å²) in [4.78, 5) is 2.54. The largest absolute Gasteiger partial charge is 0.496 e. The molecule has 1 unspecified atom stereocenters. The van der Waals surface area contributed by atoms with Gasteiger partial charge in [0.05, 0.1) is 7.11 Å². The lowest BCUT2D eigenvalue weighted by molar-refractivity contribution is 0.253. The van der Waals surface area contributed by atoms with Gasteiger partial charge in [-0.3, -0.25) is 4.90 Å². The third kappa shape index (κ3) is 6.06. The van der Waals surface area contributed by atoms with Gasteiger partial charge in [0.1, 0.15) is 5.75 Å². The second-order valence-corrected chi connectivity index (χ2v) is 5.84. The molecule has 0 fully saturated rings. The summed E-state index contributed by atoms with van der Waals surface area (Å²) in [6.07, 6.45) is 4.97. The van der Waals surface area contributed by atoms with Crippen molar-refractivity contribution in [3.8, 4) is 5.75 Å². The molecule has 0 aromatic heterocycles. The van der Waals surface area contributed by atoms with E-state index in [1.165, 1.54) is 36.8 Å². The first-order chi connectivity index (χ1) is 10.1. The first-order valence-electron chi connectivity index (χ1n) is 8.27. The Morgan fingerprint density at radius 1 is 1.14 bits per heavy atom. The van der Waals surface area contributed by atoms with Crippen LogP contribution in [0.2, 0.25) is 0 Å². The summed E-state index contributed by atoms with van der Waals surface area (Å²) >= 11 is 0. The molecule has 3 nitrogen and oxygen atoms in total. The maximum absolute atomic E-state index is 6.01. The second-order valence-electron chi connectivity index (χ2n) is 5.84. The molecule has 0 spiro atoms. The Morgan fingerprint density at radius 3 is 2.24 bits per heavy atom. The van der Waals surface area contributed by atoms with E-state index in [1.54, 1.807) is 7.11 Å². The van der Waals surface area contributed by atoms with E-state index in [-0.39, 0.29) is 6.04 Å². The number of rotatable bonds is 10. The van der Waals surface area contributed by atoms with Crippen molar-refractivity contribution in [3.05, 3.63) is 29.3 Å². The highest BCUT2D eigenvalue weighted by Gasteiger charge is 2.11. The maximum atomic E-state index is 6.01. The number of hydrogen-bond acceptors (Lipinski definition) is 3. The topological polar surface area (TPSA) is 38.5 Å². The van der Waals surface area contributed by atoms with Crippen molar-refractivity contribution < 1.29 is 4.74 Å². The fourth-order valence-electron chi connectivity index (χ4n) is 2.48. The first kappa shape index (κ1) is 18.0. The van der Waals surface area contributed by atoms with Gasteiger partial charge < -0.3 is 10.5 Å². The summed E-state index contributed by atoms with van der Waals surface area (Å²) < 4.78 is 5.52. The number of unbranched alkanes of at least 4 members (excludes halogenated alkanes) is 2. The molecule has 1 aromatic carbocycles. The fraction of sp³-hybridized carbons (Fsp3) is 0.667. The highest BCUT2D eigenvalue weighted by Crippen LogP contribution is 2.24. The average molecular weight is 292 g/mol. The molecular weight excluding hydrogens is 260 g/mol. The zero-order valence-corrected chi connectivity index (χ0v) is 14.2. The number of nitrogens with two attached hydrogens (primary N) is 1. The maximum Gasteiger partial charge on any atom is 0.123 e. The molecule has 0 aliphatic rings. The van der Waals surface area contributed by atoms with E-state index in [4.69, 9.17) is 10.5 Å². The molecule has 0 bridgehead atoms. The van der Waals surface area contributed by atoms with Gasteiger partial charge >= 0.3 is 0 Å². The van der Waals surface area contributed by atoms with E-state index >= 15 is 0 Å². The van der Waals surface area contributed by atoms with Crippen molar-refractivity contribution in [1.29, 1.82) is 0 Å². The van der Waals surface area contributed by atoms with Crippen LogP contribution in [0.3, 0.4) is 0 Å². The third-order valence-corrected chi connectivity index (χ3v) is 3.88. The van der Waals surface area contributed by atoms with Gasteiger partial charge in [-0.05, 0) is 50.6 Å². The number of benzene rings is 1. The van der Waals surface area contributed by atoms with Crippen LogP contribution in [0.1, 0.15) is 63.6 Å². The van der Waals surface area contributed by atoms with Crippen LogP contribution in [0, 0.1) is 0 Å². The summed E-state index contributed by atoms with van der Waals surface area (Å²) in [6, 6.07) is 6.38. The summed E-state index contributed by atoms with van der Waals surface area (Å²) in [7, 11) is 1.74. The number of nitrogens with zero attached hydrogens (tertiary/aromatic N) is 1. The van der Waals surface area contributed by atoms with Crippen LogP contribution in [-0.2, 0) is 6.54 Å². The SMILES string of the molecule is CCCCN(CCCC)Cc1cc(C(C)N)ccc1OC. The molecule has 1 rings (SSSR count). The van der Waals surface area contributed by atoms with Gasteiger partial charge in [0.25, 0.3) is 0 Å². The van der Waals surface area contributed by atoms with Crippen molar-refractivity contribution in [3.63, 3.8) is 0 Å². The van der Waals surface area contributed by atoms with Crippen LogP contribution >= 0.6 is 0 Å². The molecule has 0 amide bonds. The molecule has 0 aliphatic carbocycles. The molecular formula is C18H32N2O. The van der Waals surface area contributed by atoms with Crippen LogP contribution in [-0.4, -0.2) is 25.1 Å². The predicted octanol–water partition coefficient (Wildman–Crippen LogP) is 4.12. The molecule has 0 radical (unpaired) electrons. The summed E-state index contributed by atoms with van der Waals surface area (Å²) in [6.45, 7) is 9.77. The zero-order valence-electron chi connectivity index (χ0n) is 14.2. The number of hydrogen-bond donors (Lipinski definition) is 1. The summed E-state index contributed by atoms with van der Waals surface area (Å²) in [5.74, 6) is 0.970. The number of methoxy groups -OCH3 is 1. The normalized spacial score (nSPS) is 12.7. The fourth-order valence-corrected chi connectivity index (χ4v) is 2.48. The Bertz CT molecular complexity index is 396. The van der Waals surface area contributed by atoms with Gasteiger partial charge in [-0.2, -0.15) is 0 Å². The first-order valence-corrected chi connectivity index (χ1v) is 8.27. The van der Waals surface area contributed by atoms with Crippen LogP contribution in [0.4, 0.5) is 0 Å². The molecule has 0 aliphatic heterocycles. The van der Waals surface area contributed by atoms with E-state index in [0.717, 1.165) is 25.4 Å². The van der Waals surface area contributed by atoms with Crippen LogP contribution in [0.25, 0.3) is 0 Å². The Morgan fingerprint density at radius 2 is 1.76 bits per heavy atom. The number of ether oxygens (including phenoxy) is 1. The van der Waals surface area contributed by atoms with Gasteiger partial charge in [-0.15, -0.1) is 0 Å². The Labute approximate surface area is 130 Å². The molecule has 1 atom stereocenters. The highest BCUT2D eigenvalue weighted by atomic mass is 16.5. The second kappa shape index (κ2) is 9.80. The lowest BCUT2D eigenvalue weighted by Gasteiger charge is -2.23. The Kier molecular flexibility index (Phi) is 8.40. The van der Waals surface area contributed by atoms with Crippen LogP contribution in [0.5, 0.6) is 5.75 Å². The molecule has 120 valence electrons. The molecule has 0 saturated carbocycles. The smallest absolute Gasteiger partial charge is 0.123 e. The van der Waals surface area contributed by atoms with E-state index in [2.05, 4.69) is 30.9 Å². The van der Waals surface area contributed by atoms with E-state index in [0.29, 0.717) is 0 Å². The van der Waals surface area contributed by atoms with Crippen LogP contribution < -0.4 is 10.5 Å². The van der Waals surface area contributed by atoms with Crippen molar-refractivity contribution in [2.24, 2.45) is 5.73 Å². The van der Waals surface area contributed by atoms with Gasteiger partial charge in [0, 0.05) is 18.2 Å². The summed E-state index contributed by atoms with van der Waals surface area (Å²) in [5.41, 5.74) is 8.44. The third-order valence-electron chi connectivity index (χ3n) is 3.88. The molecule has 1 aromatic rings. The molecule has 0 heterocycles. The van der Waals surface area contributed by atoms with E-state index < -0.39 is 0 Å². The lowest BCUT2D eigenvalue weighted by Crippen LogP contribution is -2.26. The van der Waals surface area contributed by atoms with Gasteiger partial charge in [0.2, 0.25) is 0 Å². The molecule has 3 heteroatoms. The zero-order chi connectivity index (χ0) is 15.7. The van der Waals surface area contributed by atoms with Crippen molar-refractivity contribution in [1.82, 2.24) is 4.90 Å². The molecule has 21 heavy (non-hydrogen) atoms. The van der Waals surface area contributed by atoms with Gasteiger partial charge in [0.15, 0.2) is 0 Å². The summed E-state index contributed by atoms with van der Waals surface area (Å²) in [5, 5.41) is 0. The highest BCUT2D eigenvalue weighted by molar-refractivity contribution is 5.38. The standard InChI is InChI=1S/C18H32N2O/c1-5-7-11-20(12-8-6-2)14-17-13-16(15(3)19)9-10-18(17)21-4/h9-10,13,15H,5-8,11-12,14,19H2,1-4H3. The average Bonchev–Trinajstić information content (AvgIpc) is 2.49. The minimum absolute atomic E-state index is 0.0642. The van der Waals surface area contributed by atoms with Crippen molar-refractivity contribution >= 4 is 0 Å². The minimum atomic E-state index is 0.0642. The quantitative estimate of drug-likeness (QED) is 0.705.